The summed E-state index contributed by atoms with van der Waals surface area (Å²) in [6.07, 6.45) is 0.813. The van der Waals surface area contributed by atoms with Crippen LogP contribution in [0.25, 0.3) is 0 Å². The molecule has 2 heterocycles. The summed E-state index contributed by atoms with van der Waals surface area (Å²) in [4.78, 5) is 25.2. The van der Waals surface area contributed by atoms with Gasteiger partial charge in [-0.15, -0.1) is 0 Å². The van der Waals surface area contributed by atoms with E-state index in [-0.39, 0.29) is 12.1 Å². The van der Waals surface area contributed by atoms with Crippen molar-refractivity contribution in [1.82, 2.24) is 4.57 Å². The van der Waals surface area contributed by atoms with E-state index in [0.717, 1.165) is 4.57 Å². The van der Waals surface area contributed by atoms with Crippen molar-refractivity contribution < 1.29 is 41.3 Å². The van der Waals surface area contributed by atoms with Gasteiger partial charge in [0.2, 0.25) is 40.7 Å². The first-order chi connectivity index (χ1) is 15.1. The van der Waals surface area contributed by atoms with E-state index in [9.17, 15) is 41.9 Å². The molecule has 1 unspecified atom stereocenters. The number of hydrogen-bond donors (Lipinski definition) is 1. The first-order valence-electron chi connectivity index (χ1n) is 9.25. The van der Waals surface area contributed by atoms with Gasteiger partial charge in [0, 0.05) is 6.61 Å². The van der Waals surface area contributed by atoms with Crippen molar-refractivity contribution in [2.24, 2.45) is 0 Å². The van der Waals surface area contributed by atoms with Crippen LogP contribution in [0.1, 0.15) is 34.3 Å². The van der Waals surface area contributed by atoms with Gasteiger partial charge < -0.3 is 14.6 Å². The molecule has 1 aromatic carbocycles. The summed E-state index contributed by atoms with van der Waals surface area (Å²) in [5.74, 6) is -15.2. The molecule has 32 heavy (non-hydrogen) atoms. The topological polar surface area (TPSA) is 102 Å². The normalized spacial score (nSPS) is 15.6. The van der Waals surface area contributed by atoms with Crippen LogP contribution in [0.3, 0.4) is 0 Å². The molecule has 0 amide bonds. The van der Waals surface area contributed by atoms with Crippen molar-refractivity contribution in [2.75, 3.05) is 13.2 Å². The van der Waals surface area contributed by atoms with Gasteiger partial charge in [-0.3, -0.25) is 14.2 Å². The molecule has 7 nitrogen and oxygen atoms in total. The van der Waals surface area contributed by atoms with E-state index >= 15 is 0 Å². The third-order valence-corrected chi connectivity index (χ3v) is 5.01. The number of rotatable bonds is 6. The molecule has 0 saturated carbocycles. The lowest BCUT2D eigenvalue weighted by Crippen LogP contribution is -2.31. The van der Waals surface area contributed by atoms with Crippen LogP contribution in [0.15, 0.2) is 4.79 Å². The van der Waals surface area contributed by atoms with Crippen LogP contribution in [0.5, 0.6) is 11.6 Å². The lowest BCUT2D eigenvalue weighted by Gasteiger charge is -2.18. The lowest BCUT2D eigenvalue weighted by molar-refractivity contribution is 0.0888. The zero-order chi connectivity index (χ0) is 23.7. The highest BCUT2D eigenvalue weighted by Crippen LogP contribution is 2.30. The summed E-state index contributed by atoms with van der Waals surface area (Å²) in [7, 11) is 0. The van der Waals surface area contributed by atoms with Gasteiger partial charge >= 0.3 is 0 Å². The Labute approximate surface area is 177 Å². The number of hydrogen-bond acceptors (Lipinski definition) is 6. The third-order valence-electron chi connectivity index (χ3n) is 5.01. The van der Waals surface area contributed by atoms with E-state index in [0.29, 0.717) is 19.4 Å². The fourth-order valence-electron chi connectivity index (χ4n) is 3.37. The smallest absolute Gasteiger partial charge is 0.271 e. The van der Waals surface area contributed by atoms with Crippen LogP contribution in [0, 0.1) is 47.3 Å². The molecule has 0 radical (unpaired) electrons. The summed E-state index contributed by atoms with van der Waals surface area (Å²) in [5.41, 5.74) is -2.15. The van der Waals surface area contributed by atoms with Gasteiger partial charge in [0.15, 0.2) is 12.4 Å². The van der Waals surface area contributed by atoms with Crippen LogP contribution >= 0.6 is 0 Å². The fourth-order valence-corrected chi connectivity index (χ4v) is 3.37. The average Bonchev–Trinajstić information content (AvgIpc) is 3.27. The van der Waals surface area contributed by atoms with E-state index in [1.807, 2.05) is 0 Å². The first-order valence-corrected chi connectivity index (χ1v) is 9.25. The minimum Gasteiger partial charge on any atom is -0.494 e. The third kappa shape index (κ3) is 3.91. The Morgan fingerprint density at radius 1 is 1.19 bits per heavy atom. The highest BCUT2D eigenvalue weighted by Gasteiger charge is 2.30. The summed E-state index contributed by atoms with van der Waals surface area (Å²) < 4.78 is 78.0. The zero-order valence-corrected chi connectivity index (χ0v) is 16.5. The average molecular weight is 458 g/mol. The number of benzene rings is 1. The van der Waals surface area contributed by atoms with E-state index in [4.69, 9.17) is 4.74 Å². The maximum atomic E-state index is 13.8. The predicted octanol–water partition coefficient (Wildman–Crippen LogP) is 2.87. The minimum atomic E-state index is -2.40. The van der Waals surface area contributed by atoms with Crippen molar-refractivity contribution in [3.05, 3.63) is 56.1 Å². The molecule has 1 saturated heterocycles. The molecule has 0 spiro atoms. The van der Waals surface area contributed by atoms with E-state index < -0.39 is 75.9 Å². The number of carbonyl (C=O) groups excluding carboxylic acids is 1. The number of pyridine rings is 1. The molecule has 170 valence electrons. The van der Waals surface area contributed by atoms with Gasteiger partial charge in [-0.05, 0) is 25.3 Å². The van der Waals surface area contributed by atoms with Gasteiger partial charge in [-0.1, -0.05) is 0 Å². The number of ether oxygens (including phenoxy) is 2. The molecule has 1 aliphatic heterocycles. The van der Waals surface area contributed by atoms with Gasteiger partial charge in [-0.25, -0.2) is 13.2 Å². The fraction of sp³-hybridized carbons (Fsp3) is 0.350. The van der Waals surface area contributed by atoms with E-state index in [1.165, 1.54) is 6.92 Å². The summed E-state index contributed by atoms with van der Waals surface area (Å²) in [6, 6.07) is 1.63. The molecule has 12 heteroatoms. The summed E-state index contributed by atoms with van der Waals surface area (Å²) >= 11 is 0. The number of ketones is 1. The van der Waals surface area contributed by atoms with Crippen molar-refractivity contribution in [2.45, 2.75) is 32.4 Å². The molecule has 1 N–H and O–H groups in total. The van der Waals surface area contributed by atoms with Crippen LogP contribution in [-0.4, -0.2) is 34.8 Å². The molecule has 1 fully saturated rings. The Balaban J connectivity index is 1.98. The molecule has 3 rings (SSSR count). The van der Waals surface area contributed by atoms with Gasteiger partial charge in [0.25, 0.3) is 5.56 Å². The van der Waals surface area contributed by atoms with Crippen molar-refractivity contribution in [3.63, 3.8) is 0 Å². The number of aromatic nitrogens is 1. The molecule has 1 aromatic heterocycles. The maximum absolute atomic E-state index is 13.8. The van der Waals surface area contributed by atoms with Crippen molar-refractivity contribution >= 4 is 5.78 Å². The lowest BCUT2D eigenvalue weighted by atomic mass is 10.0. The number of aromatic hydroxyl groups is 1. The van der Waals surface area contributed by atoms with Crippen LogP contribution in [0.4, 0.5) is 22.0 Å². The van der Waals surface area contributed by atoms with Crippen LogP contribution in [-0.2, 0) is 11.3 Å². The Morgan fingerprint density at radius 2 is 1.78 bits per heavy atom. The van der Waals surface area contributed by atoms with Gasteiger partial charge in [0.05, 0.1) is 18.2 Å². The summed E-state index contributed by atoms with van der Waals surface area (Å²) in [6.45, 7) is 0.189. The monoisotopic (exact) mass is 458 g/mol. The van der Waals surface area contributed by atoms with Crippen LogP contribution in [0.2, 0.25) is 0 Å². The highest BCUT2D eigenvalue weighted by molar-refractivity contribution is 6.01. The number of carbonyl (C=O) groups is 1. The standard InChI is InChI=1S/C20H15F5N2O5/c1-8-10(5-26)19(29)27(6-9-3-2-4-31-9)20(30)12(8)11(28)7-32-18-16(24)14(22)13(21)15(23)17(18)25/h9,30H,2-4,6-7H2,1H3. The SMILES string of the molecule is Cc1c(C(=O)COc2c(F)c(F)c(F)c(F)c2F)c(O)n(CC2CCCO2)c(=O)c1C#N. The minimum absolute atomic E-state index is 0.168. The second kappa shape index (κ2) is 8.96. The summed E-state index contributed by atoms with van der Waals surface area (Å²) in [5, 5.41) is 19.8. The van der Waals surface area contributed by atoms with Gasteiger partial charge in [-0.2, -0.15) is 14.0 Å². The maximum Gasteiger partial charge on any atom is 0.271 e. The molecular weight excluding hydrogens is 443 g/mol. The van der Waals surface area contributed by atoms with E-state index in [2.05, 4.69) is 4.74 Å². The Kier molecular flexibility index (Phi) is 6.50. The molecule has 0 bridgehead atoms. The zero-order valence-electron chi connectivity index (χ0n) is 16.5. The molecule has 0 aliphatic carbocycles. The van der Waals surface area contributed by atoms with Gasteiger partial charge in [0.1, 0.15) is 11.6 Å². The first kappa shape index (κ1) is 23.2. The Bertz CT molecular complexity index is 1170. The Hall–Kier alpha value is -3.46. The molecule has 2 aromatic rings. The molecule has 1 aliphatic rings. The predicted molar refractivity (Wildman–Crippen MR) is 96.9 cm³/mol. The number of nitrogens with zero attached hydrogens (tertiary/aromatic N) is 2. The highest BCUT2D eigenvalue weighted by atomic mass is 19.2. The van der Waals surface area contributed by atoms with Crippen molar-refractivity contribution in [1.29, 1.82) is 5.26 Å². The number of halogens is 5. The second-order valence-corrected chi connectivity index (χ2v) is 6.97. The second-order valence-electron chi connectivity index (χ2n) is 6.97. The van der Waals surface area contributed by atoms with Crippen molar-refractivity contribution in [3.8, 4) is 17.7 Å². The quantitative estimate of drug-likeness (QED) is 0.309. The Morgan fingerprint density at radius 3 is 2.31 bits per heavy atom. The van der Waals surface area contributed by atoms with E-state index in [1.54, 1.807) is 6.07 Å². The molecule has 1 atom stereocenters. The largest absolute Gasteiger partial charge is 0.494 e. The van der Waals surface area contributed by atoms with Crippen LogP contribution < -0.4 is 10.3 Å². The number of Topliss-reactive ketones (excluding diaryl/α,β-unsaturated/α-hetero) is 1. The molecular formula is C20H15F5N2O5. The number of nitriles is 1.